The average molecular weight is 238 g/mol. The zero-order valence-electron chi connectivity index (χ0n) is 11.9. The average Bonchev–Trinajstić information content (AvgIpc) is 2.34. The molecule has 0 amide bonds. The van der Waals surface area contributed by atoms with Gasteiger partial charge in [0.1, 0.15) is 0 Å². The predicted molar refractivity (Wildman–Crippen MR) is 74.2 cm³/mol. The Balaban J connectivity index is 1.83. The minimum Gasteiger partial charge on any atom is -0.319 e. The second kappa shape index (κ2) is 6.19. The summed E-state index contributed by atoms with van der Waals surface area (Å²) in [6, 6.07) is 0.884. The van der Waals surface area contributed by atoms with E-state index >= 15 is 0 Å². The van der Waals surface area contributed by atoms with Crippen LogP contribution in [0, 0.1) is 17.8 Å². The molecule has 3 atom stereocenters. The van der Waals surface area contributed by atoms with Gasteiger partial charge in [-0.15, -0.1) is 0 Å². The van der Waals surface area contributed by atoms with Crippen LogP contribution in [0.1, 0.15) is 46.0 Å². The van der Waals surface area contributed by atoms with Crippen LogP contribution in [0.25, 0.3) is 0 Å². The molecule has 0 bridgehead atoms. The van der Waals surface area contributed by atoms with Gasteiger partial charge in [-0.3, -0.25) is 0 Å². The Morgan fingerprint density at radius 3 is 2.41 bits per heavy atom. The third-order valence-corrected chi connectivity index (χ3v) is 5.27. The number of piperidine rings is 1. The molecule has 1 aliphatic carbocycles. The molecule has 2 nitrogen and oxygen atoms in total. The van der Waals surface area contributed by atoms with E-state index in [4.69, 9.17) is 0 Å². The molecule has 0 aromatic heterocycles. The number of nitrogens with one attached hydrogen (secondary N) is 1. The molecule has 100 valence electrons. The Morgan fingerprint density at radius 1 is 1.06 bits per heavy atom. The summed E-state index contributed by atoms with van der Waals surface area (Å²) in [4.78, 5) is 2.80. The molecule has 2 rings (SSSR count). The van der Waals surface area contributed by atoms with E-state index in [0.717, 1.165) is 23.8 Å². The molecule has 1 saturated carbocycles. The van der Waals surface area contributed by atoms with Gasteiger partial charge in [0.2, 0.25) is 0 Å². The summed E-state index contributed by atoms with van der Waals surface area (Å²) in [7, 11) is 2.08. The number of likely N-dealkylation sites (tertiary alicyclic amines) is 1. The Bertz CT molecular complexity index is 221. The first-order valence-corrected chi connectivity index (χ1v) is 7.61. The van der Waals surface area contributed by atoms with Gasteiger partial charge in [0, 0.05) is 6.04 Å². The molecule has 1 N–H and O–H groups in total. The standard InChI is InChI=1S/C15H30N2/c1-12-5-4-6-15(13(12)2)17-9-7-14(8-10-17)11-16-3/h12-16H,4-11H2,1-3H3. The molecule has 2 aliphatic rings. The lowest BCUT2D eigenvalue weighted by molar-refractivity contribution is 0.0526. The third-order valence-electron chi connectivity index (χ3n) is 5.27. The van der Waals surface area contributed by atoms with Crippen molar-refractivity contribution in [1.82, 2.24) is 10.2 Å². The van der Waals surface area contributed by atoms with Crippen molar-refractivity contribution in [3.05, 3.63) is 0 Å². The molecule has 0 radical (unpaired) electrons. The summed E-state index contributed by atoms with van der Waals surface area (Å²) < 4.78 is 0. The molecule has 1 aliphatic heterocycles. The maximum absolute atomic E-state index is 3.33. The summed E-state index contributed by atoms with van der Waals surface area (Å²) in [5.41, 5.74) is 0. The van der Waals surface area contributed by atoms with Crippen molar-refractivity contribution < 1.29 is 0 Å². The van der Waals surface area contributed by atoms with Gasteiger partial charge < -0.3 is 10.2 Å². The SMILES string of the molecule is CNCC1CCN(C2CCCC(C)C2C)CC1. The minimum atomic E-state index is 0.884. The fraction of sp³-hybridized carbons (Fsp3) is 1.00. The van der Waals surface area contributed by atoms with Crippen molar-refractivity contribution in [2.45, 2.75) is 52.0 Å². The quantitative estimate of drug-likeness (QED) is 0.813. The second-order valence-corrected chi connectivity index (χ2v) is 6.37. The molecule has 2 heteroatoms. The summed E-state index contributed by atoms with van der Waals surface area (Å²) in [6.07, 6.45) is 7.15. The van der Waals surface area contributed by atoms with E-state index in [0.29, 0.717) is 0 Å². The first-order chi connectivity index (χ1) is 8.22. The molecule has 17 heavy (non-hydrogen) atoms. The van der Waals surface area contributed by atoms with Crippen LogP contribution in [0.2, 0.25) is 0 Å². The second-order valence-electron chi connectivity index (χ2n) is 6.37. The topological polar surface area (TPSA) is 15.3 Å². The Hall–Kier alpha value is -0.0800. The summed E-state index contributed by atoms with van der Waals surface area (Å²) in [5, 5.41) is 3.33. The van der Waals surface area contributed by atoms with Crippen LogP contribution >= 0.6 is 0 Å². The van der Waals surface area contributed by atoms with Gasteiger partial charge in [-0.05, 0) is 63.7 Å². The lowest BCUT2D eigenvalue weighted by Gasteiger charge is -2.44. The van der Waals surface area contributed by atoms with Crippen molar-refractivity contribution >= 4 is 0 Å². The third kappa shape index (κ3) is 3.23. The molecule has 2 fully saturated rings. The molecule has 0 aromatic rings. The van der Waals surface area contributed by atoms with E-state index in [1.165, 1.54) is 51.7 Å². The van der Waals surface area contributed by atoms with Crippen LogP contribution in [-0.2, 0) is 0 Å². The van der Waals surface area contributed by atoms with Gasteiger partial charge in [-0.1, -0.05) is 26.7 Å². The maximum Gasteiger partial charge on any atom is 0.0123 e. The van der Waals surface area contributed by atoms with Gasteiger partial charge in [0.05, 0.1) is 0 Å². The lowest BCUT2D eigenvalue weighted by atomic mass is 9.76. The summed E-state index contributed by atoms with van der Waals surface area (Å²) in [6.45, 7) is 8.82. The van der Waals surface area contributed by atoms with E-state index in [1.807, 2.05) is 0 Å². The highest BCUT2D eigenvalue weighted by Gasteiger charge is 2.33. The molecule has 3 unspecified atom stereocenters. The summed E-state index contributed by atoms with van der Waals surface area (Å²) >= 11 is 0. The molecule has 0 spiro atoms. The number of hydrogen-bond donors (Lipinski definition) is 1. The number of nitrogens with zero attached hydrogens (tertiary/aromatic N) is 1. The van der Waals surface area contributed by atoms with Gasteiger partial charge >= 0.3 is 0 Å². The molecule has 1 saturated heterocycles. The molecule has 0 aromatic carbocycles. The molecular weight excluding hydrogens is 208 g/mol. The first-order valence-electron chi connectivity index (χ1n) is 7.61. The Morgan fingerprint density at radius 2 is 1.76 bits per heavy atom. The monoisotopic (exact) mass is 238 g/mol. The molecule has 1 heterocycles. The van der Waals surface area contributed by atoms with Crippen molar-refractivity contribution in [3.8, 4) is 0 Å². The van der Waals surface area contributed by atoms with Crippen LogP contribution in [-0.4, -0.2) is 37.6 Å². The minimum absolute atomic E-state index is 0.884. The van der Waals surface area contributed by atoms with Crippen LogP contribution in [0.15, 0.2) is 0 Å². The number of rotatable bonds is 3. The smallest absolute Gasteiger partial charge is 0.0123 e. The summed E-state index contributed by atoms with van der Waals surface area (Å²) in [5.74, 6) is 2.76. The van der Waals surface area contributed by atoms with Crippen LogP contribution in [0.3, 0.4) is 0 Å². The first kappa shape index (κ1) is 13.4. The van der Waals surface area contributed by atoms with Crippen molar-refractivity contribution in [3.63, 3.8) is 0 Å². The number of hydrogen-bond acceptors (Lipinski definition) is 2. The maximum atomic E-state index is 3.33. The van der Waals surface area contributed by atoms with E-state index < -0.39 is 0 Å². The van der Waals surface area contributed by atoms with Crippen molar-refractivity contribution in [2.75, 3.05) is 26.7 Å². The van der Waals surface area contributed by atoms with Crippen LogP contribution in [0.4, 0.5) is 0 Å². The lowest BCUT2D eigenvalue weighted by Crippen LogP contribution is -2.48. The fourth-order valence-corrected chi connectivity index (χ4v) is 3.85. The fourth-order valence-electron chi connectivity index (χ4n) is 3.85. The predicted octanol–water partition coefficient (Wildman–Crippen LogP) is 2.74. The van der Waals surface area contributed by atoms with Gasteiger partial charge in [0.25, 0.3) is 0 Å². The highest BCUT2D eigenvalue weighted by atomic mass is 15.2. The Kier molecular flexibility index (Phi) is 4.87. The highest BCUT2D eigenvalue weighted by molar-refractivity contribution is 4.87. The highest BCUT2D eigenvalue weighted by Crippen LogP contribution is 2.34. The van der Waals surface area contributed by atoms with Gasteiger partial charge in [-0.2, -0.15) is 0 Å². The molecular formula is C15H30N2. The van der Waals surface area contributed by atoms with Crippen LogP contribution in [0.5, 0.6) is 0 Å². The van der Waals surface area contributed by atoms with Crippen LogP contribution < -0.4 is 5.32 Å². The van der Waals surface area contributed by atoms with Gasteiger partial charge in [0.15, 0.2) is 0 Å². The van der Waals surface area contributed by atoms with E-state index in [9.17, 15) is 0 Å². The normalized spacial score (nSPS) is 37.2. The van der Waals surface area contributed by atoms with E-state index in [2.05, 4.69) is 31.1 Å². The van der Waals surface area contributed by atoms with Crippen molar-refractivity contribution in [2.24, 2.45) is 17.8 Å². The van der Waals surface area contributed by atoms with E-state index in [-0.39, 0.29) is 0 Å². The van der Waals surface area contributed by atoms with E-state index in [1.54, 1.807) is 0 Å². The Labute approximate surface area is 107 Å². The largest absolute Gasteiger partial charge is 0.319 e. The van der Waals surface area contributed by atoms with Gasteiger partial charge in [-0.25, -0.2) is 0 Å². The zero-order chi connectivity index (χ0) is 12.3. The zero-order valence-corrected chi connectivity index (χ0v) is 11.9. The van der Waals surface area contributed by atoms with Crippen molar-refractivity contribution in [1.29, 1.82) is 0 Å².